The van der Waals surface area contributed by atoms with Gasteiger partial charge in [-0.1, -0.05) is 46.2 Å². The van der Waals surface area contributed by atoms with E-state index < -0.39 is 52.6 Å². The number of hydrogen-bond donors (Lipinski definition) is 4. The molecule has 264 valence electrons. The van der Waals surface area contributed by atoms with E-state index in [9.17, 15) is 29.2 Å². The van der Waals surface area contributed by atoms with E-state index >= 15 is 0 Å². The van der Waals surface area contributed by atoms with E-state index in [2.05, 4.69) is 27.5 Å². The van der Waals surface area contributed by atoms with Crippen LogP contribution in [-0.4, -0.2) is 83.8 Å². The van der Waals surface area contributed by atoms with Crippen molar-refractivity contribution in [1.82, 2.24) is 26.3 Å². The highest BCUT2D eigenvalue weighted by atomic mass is 16.7. The minimum Gasteiger partial charge on any atom is -0.381 e. The van der Waals surface area contributed by atoms with Crippen LogP contribution in [0.1, 0.15) is 90.2 Å². The summed E-state index contributed by atoms with van der Waals surface area (Å²) in [4.78, 5) is 75.3. The highest BCUT2D eigenvalue weighted by Gasteiger charge is 2.54. The highest BCUT2D eigenvalue weighted by molar-refractivity contribution is 6.38. The molecule has 1 saturated carbocycles. The minimum absolute atomic E-state index is 0.0185. The number of carbonyl (C=O) groups excluding carboxylic acids is 5. The minimum atomic E-state index is -1.13. The van der Waals surface area contributed by atoms with Gasteiger partial charge in [0.15, 0.2) is 0 Å². The van der Waals surface area contributed by atoms with Crippen LogP contribution in [0.15, 0.2) is 30.3 Å². The lowest BCUT2D eigenvalue weighted by molar-refractivity contribution is -0.145. The Morgan fingerprint density at radius 3 is 2.49 bits per heavy atom. The monoisotopic (exact) mass is 676 g/mol. The van der Waals surface area contributed by atoms with Gasteiger partial charge in [-0.15, -0.1) is 0 Å². The van der Waals surface area contributed by atoms with E-state index in [1.165, 1.54) is 4.90 Å². The quantitative estimate of drug-likeness (QED) is 0.242. The highest BCUT2D eigenvalue weighted by Crippen LogP contribution is 2.39. The van der Waals surface area contributed by atoms with Gasteiger partial charge in [-0.05, 0) is 61.6 Å². The molecule has 0 aromatic heterocycles. The van der Waals surface area contributed by atoms with E-state index in [0.29, 0.717) is 36.5 Å². The lowest BCUT2D eigenvalue weighted by Gasteiger charge is -2.36. The summed E-state index contributed by atoms with van der Waals surface area (Å²) in [6.07, 6.45) is 6.08. The molecule has 4 amide bonds. The SMILES string of the molecule is CCC[C@H](NC(=O)[C@@H]1C[C@]2(C=C(c3cccc(C#N)c3)NO2)CN1C(=O)[C@@H](NC(=O)CC1CCOCC1)C(C)(C)C)C(=O)C(=O)NC1CC1. The first-order valence-electron chi connectivity index (χ1n) is 17.3. The summed E-state index contributed by atoms with van der Waals surface area (Å²) in [5.41, 5.74) is 2.83. The van der Waals surface area contributed by atoms with Crippen molar-refractivity contribution in [2.75, 3.05) is 19.8 Å². The molecule has 1 spiro atoms. The predicted molar refractivity (Wildman–Crippen MR) is 179 cm³/mol. The van der Waals surface area contributed by atoms with Gasteiger partial charge in [-0.2, -0.15) is 5.26 Å². The summed E-state index contributed by atoms with van der Waals surface area (Å²) >= 11 is 0. The largest absolute Gasteiger partial charge is 0.381 e. The third-order valence-electron chi connectivity index (χ3n) is 9.59. The molecule has 0 bridgehead atoms. The molecule has 4 N–H and O–H groups in total. The van der Waals surface area contributed by atoms with Gasteiger partial charge < -0.3 is 25.6 Å². The number of rotatable bonds is 12. The summed E-state index contributed by atoms with van der Waals surface area (Å²) in [6.45, 7) is 8.60. The van der Waals surface area contributed by atoms with Gasteiger partial charge in [0.1, 0.15) is 17.7 Å². The first-order valence-corrected chi connectivity index (χ1v) is 17.3. The standard InChI is InChI=1S/C36H48N6O7/c1-5-7-26(30(44)33(46)38-25-10-11-25)39-32(45)28-19-36(18-27(41-49-36)24-9-6-8-23(16-24)20-37)21-42(28)34(47)31(35(2,3)4)40-29(43)17-22-12-14-48-15-13-22/h6,8-9,16,18,22,25-26,28,31,41H,5,7,10-15,17,19,21H2,1-4H3,(H,38,46)(H,39,45)(H,40,43)/t26-,28-,31+,36+/m0/s1. The average Bonchev–Trinajstić information content (AvgIpc) is 3.67. The van der Waals surface area contributed by atoms with Gasteiger partial charge in [0.2, 0.25) is 23.5 Å². The molecule has 13 heteroatoms. The van der Waals surface area contributed by atoms with Crippen LogP contribution in [0.2, 0.25) is 0 Å². The van der Waals surface area contributed by atoms with Crippen molar-refractivity contribution in [3.63, 3.8) is 0 Å². The molecule has 3 fully saturated rings. The fraction of sp³-hybridized carbons (Fsp3) is 0.611. The Morgan fingerprint density at radius 1 is 1.10 bits per heavy atom. The molecule has 3 aliphatic heterocycles. The number of amides is 4. The van der Waals surface area contributed by atoms with E-state index in [1.54, 1.807) is 18.2 Å². The number of likely N-dealkylation sites (tertiary alicyclic amines) is 1. The molecule has 1 aromatic rings. The first kappa shape index (κ1) is 36.0. The van der Waals surface area contributed by atoms with E-state index in [0.717, 1.165) is 25.7 Å². The predicted octanol–water partition coefficient (Wildman–Crippen LogP) is 2.25. The number of ketones is 1. The smallest absolute Gasteiger partial charge is 0.289 e. The van der Waals surface area contributed by atoms with E-state index in [1.807, 2.05) is 39.8 Å². The van der Waals surface area contributed by atoms with Crippen molar-refractivity contribution in [2.45, 2.75) is 109 Å². The number of benzene rings is 1. The fourth-order valence-electron chi connectivity index (χ4n) is 6.64. The number of nitrogens with zero attached hydrogens (tertiary/aromatic N) is 2. The molecule has 13 nitrogen and oxygen atoms in total. The third kappa shape index (κ3) is 8.85. The van der Waals surface area contributed by atoms with Crippen molar-refractivity contribution >= 4 is 35.1 Å². The number of hydroxylamine groups is 1. The number of nitrogens with one attached hydrogen (secondary N) is 4. The van der Waals surface area contributed by atoms with Crippen molar-refractivity contribution in [1.29, 1.82) is 5.26 Å². The van der Waals surface area contributed by atoms with Gasteiger partial charge in [0.05, 0.1) is 29.9 Å². The van der Waals surface area contributed by atoms with Crippen LogP contribution >= 0.6 is 0 Å². The van der Waals surface area contributed by atoms with Crippen LogP contribution in [0, 0.1) is 22.7 Å². The molecule has 5 rings (SSSR count). The molecular weight excluding hydrogens is 628 g/mol. The molecule has 1 aromatic carbocycles. The molecule has 0 unspecified atom stereocenters. The maximum Gasteiger partial charge on any atom is 0.289 e. The fourth-order valence-corrected chi connectivity index (χ4v) is 6.64. The molecule has 4 atom stereocenters. The van der Waals surface area contributed by atoms with Gasteiger partial charge in [0.25, 0.3) is 5.91 Å². The van der Waals surface area contributed by atoms with Crippen LogP contribution in [0.5, 0.6) is 0 Å². The maximum atomic E-state index is 14.5. The van der Waals surface area contributed by atoms with Gasteiger partial charge in [0, 0.05) is 37.7 Å². The second-order valence-corrected chi connectivity index (χ2v) is 14.8. The zero-order valence-corrected chi connectivity index (χ0v) is 28.8. The zero-order valence-electron chi connectivity index (χ0n) is 28.8. The number of Topliss-reactive ketones (excluding diaryl/α,β-unsaturated/α-hetero) is 1. The van der Waals surface area contributed by atoms with Crippen molar-refractivity contribution in [3.05, 3.63) is 41.5 Å². The molecular formula is C36H48N6O7. The summed E-state index contributed by atoms with van der Waals surface area (Å²) < 4.78 is 5.43. The number of nitriles is 1. The van der Waals surface area contributed by atoms with Crippen molar-refractivity contribution < 1.29 is 33.5 Å². The number of hydrogen-bond acceptors (Lipinski definition) is 9. The molecule has 0 radical (unpaired) electrons. The normalized spacial score (nSPS) is 23.5. The topological polar surface area (TPSA) is 179 Å². The van der Waals surface area contributed by atoms with Gasteiger partial charge in [-0.3, -0.25) is 34.3 Å². The summed E-state index contributed by atoms with van der Waals surface area (Å²) in [5, 5.41) is 17.9. The van der Waals surface area contributed by atoms with E-state index in [4.69, 9.17) is 9.57 Å². The Kier molecular flexibility index (Phi) is 11.1. The second kappa shape index (κ2) is 15.1. The Bertz CT molecular complexity index is 1520. The molecule has 49 heavy (non-hydrogen) atoms. The third-order valence-corrected chi connectivity index (χ3v) is 9.59. The van der Waals surface area contributed by atoms with Crippen LogP contribution < -0.4 is 21.4 Å². The van der Waals surface area contributed by atoms with Crippen molar-refractivity contribution in [3.8, 4) is 6.07 Å². The second-order valence-electron chi connectivity index (χ2n) is 14.8. The Hall–Kier alpha value is -4.28. The maximum absolute atomic E-state index is 14.5. The first-order chi connectivity index (χ1) is 23.3. The number of carbonyl (C=O) groups is 5. The molecule has 3 heterocycles. The van der Waals surface area contributed by atoms with Crippen molar-refractivity contribution in [2.24, 2.45) is 11.3 Å². The summed E-state index contributed by atoms with van der Waals surface area (Å²) in [5.74, 6) is -2.58. The molecule has 2 saturated heterocycles. The van der Waals surface area contributed by atoms with Crippen LogP contribution in [0.4, 0.5) is 0 Å². The summed E-state index contributed by atoms with van der Waals surface area (Å²) in [7, 11) is 0. The molecule has 1 aliphatic carbocycles. The average molecular weight is 677 g/mol. The zero-order chi connectivity index (χ0) is 35.3. The Balaban J connectivity index is 1.41. The van der Waals surface area contributed by atoms with Gasteiger partial charge in [-0.25, -0.2) is 0 Å². The van der Waals surface area contributed by atoms with Crippen LogP contribution in [0.25, 0.3) is 5.70 Å². The summed E-state index contributed by atoms with van der Waals surface area (Å²) in [6, 6.07) is 5.97. The Labute approximate surface area is 287 Å². The Morgan fingerprint density at radius 2 is 1.84 bits per heavy atom. The van der Waals surface area contributed by atoms with Gasteiger partial charge >= 0.3 is 0 Å². The number of ether oxygens (including phenoxy) is 1. The lowest BCUT2D eigenvalue weighted by Crippen LogP contribution is -2.59. The van der Waals surface area contributed by atoms with Crippen LogP contribution in [0.3, 0.4) is 0 Å². The molecule has 4 aliphatic rings. The van der Waals surface area contributed by atoms with Crippen LogP contribution in [-0.2, 0) is 33.5 Å². The lowest BCUT2D eigenvalue weighted by atomic mass is 9.85. The van der Waals surface area contributed by atoms with E-state index in [-0.39, 0.29) is 43.7 Å².